The van der Waals surface area contributed by atoms with Crippen LogP contribution < -0.4 is 5.73 Å². The monoisotopic (exact) mass is 462 g/mol. The van der Waals surface area contributed by atoms with Crippen molar-refractivity contribution < 1.29 is 33.5 Å². The summed E-state index contributed by atoms with van der Waals surface area (Å²) in [5.74, 6) is 0.286. The summed E-state index contributed by atoms with van der Waals surface area (Å²) in [6.07, 6.45) is 4.57. The maximum Gasteiger partial charge on any atom is 0.121 e. The van der Waals surface area contributed by atoms with Crippen molar-refractivity contribution in [3.63, 3.8) is 0 Å². The zero-order valence-corrected chi connectivity index (χ0v) is 18.9. The van der Waals surface area contributed by atoms with Crippen LogP contribution in [0.1, 0.15) is 16.7 Å². The van der Waals surface area contributed by atoms with Crippen molar-refractivity contribution in [2.24, 2.45) is 0 Å². The number of epoxide rings is 6. The summed E-state index contributed by atoms with van der Waals surface area (Å²) >= 11 is 0. The number of rotatable bonds is 12. The van der Waals surface area contributed by atoms with Crippen molar-refractivity contribution in [2.45, 2.75) is 55.9 Å². The summed E-state index contributed by atoms with van der Waals surface area (Å²) in [7, 11) is 0. The van der Waals surface area contributed by atoms with Crippen LogP contribution in [-0.2, 0) is 47.7 Å². The van der Waals surface area contributed by atoms with Gasteiger partial charge in [0.15, 0.2) is 0 Å². The maximum atomic E-state index is 10.2. The van der Waals surface area contributed by atoms with Crippen LogP contribution in [-0.4, -0.2) is 106 Å². The van der Waals surface area contributed by atoms with E-state index in [1.54, 1.807) is 0 Å². The fraction of sp³-hybridized carbons (Fsp3) is 0.750. The Labute approximate surface area is 194 Å². The average molecular weight is 463 g/mol. The molecule has 0 radical (unpaired) electrons. The van der Waals surface area contributed by atoms with E-state index < -0.39 is 0 Å². The van der Waals surface area contributed by atoms with E-state index in [1.165, 1.54) is 0 Å². The van der Waals surface area contributed by atoms with E-state index >= 15 is 0 Å². The van der Waals surface area contributed by atoms with Gasteiger partial charge in [0, 0.05) is 50.1 Å². The van der Waals surface area contributed by atoms with Crippen LogP contribution in [0.3, 0.4) is 0 Å². The van der Waals surface area contributed by atoms with Gasteiger partial charge in [0.1, 0.15) is 5.75 Å². The van der Waals surface area contributed by atoms with Gasteiger partial charge in [-0.05, 0) is 17.2 Å². The van der Waals surface area contributed by atoms with Crippen LogP contribution in [0.2, 0.25) is 0 Å². The highest BCUT2D eigenvalue weighted by Crippen LogP contribution is 2.37. The molecule has 9 heteroatoms. The molecule has 9 nitrogen and oxygen atoms in total. The quantitative estimate of drug-likeness (QED) is 0.333. The molecule has 6 aliphatic heterocycles. The van der Waals surface area contributed by atoms with E-state index in [9.17, 15) is 5.11 Å². The molecule has 1 aromatic carbocycles. The van der Waals surface area contributed by atoms with Crippen LogP contribution in [0.5, 0.6) is 5.75 Å². The number of nitrogens with two attached hydrogens (primary N) is 1. The number of hydrogen-bond acceptors (Lipinski definition) is 9. The molecule has 0 bridgehead atoms. The van der Waals surface area contributed by atoms with Crippen molar-refractivity contribution >= 4 is 5.69 Å². The number of phenols is 1. The van der Waals surface area contributed by atoms with Crippen LogP contribution in [0.25, 0.3) is 0 Å². The van der Waals surface area contributed by atoms with Crippen LogP contribution in [0.15, 0.2) is 6.07 Å². The Kier molecular flexibility index (Phi) is 6.21. The van der Waals surface area contributed by atoms with Gasteiger partial charge in [-0.2, -0.15) is 0 Å². The lowest BCUT2D eigenvalue weighted by atomic mass is 9.92. The van der Waals surface area contributed by atoms with Crippen molar-refractivity contribution in [3.05, 3.63) is 22.8 Å². The largest absolute Gasteiger partial charge is 0.508 e. The van der Waals surface area contributed by atoms with Crippen LogP contribution >= 0.6 is 0 Å². The van der Waals surface area contributed by atoms with E-state index in [4.69, 9.17) is 34.2 Å². The van der Waals surface area contributed by atoms with Crippen LogP contribution in [0, 0.1) is 0 Å². The fourth-order valence-electron chi connectivity index (χ4n) is 4.34. The molecule has 0 aliphatic carbocycles. The van der Waals surface area contributed by atoms with Gasteiger partial charge in [0.05, 0.1) is 76.3 Å². The van der Waals surface area contributed by atoms with Gasteiger partial charge in [0.2, 0.25) is 0 Å². The number of benzene rings is 1. The molecule has 0 amide bonds. The van der Waals surface area contributed by atoms with Gasteiger partial charge in [-0.3, -0.25) is 4.90 Å². The molecule has 33 heavy (non-hydrogen) atoms. The Morgan fingerprint density at radius 1 is 0.667 bits per heavy atom. The fourth-order valence-corrected chi connectivity index (χ4v) is 4.34. The molecular weight excluding hydrogens is 428 g/mol. The Bertz CT molecular complexity index is 810. The molecule has 3 N–H and O–H groups in total. The zero-order valence-electron chi connectivity index (χ0n) is 18.9. The zero-order chi connectivity index (χ0) is 22.4. The van der Waals surface area contributed by atoms with Crippen molar-refractivity contribution in [2.75, 3.05) is 65.0 Å². The smallest absolute Gasteiger partial charge is 0.121 e. The highest BCUT2D eigenvalue weighted by Gasteiger charge is 2.34. The SMILES string of the molecule is C1OC1CN(CC1CO1)CC1CO1.Nc1c(CC2CO2)c(O)cc(CC2CO2)c1CC1CO1. The molecule has 6 aliphatic rings. The van der Waals surface area contributed by atoms with Crippen LogP contribution in [0.4, 0.5) is 5.69 Å². The molecule has 7 rings (SSSR count). The van der Waals surface area contributed by atoms with Gasteiger partial charge in [-0.1, -0.05) is 0 Å². The summed E-state index contributed by atoms with van der Waals surface area (Å²) in [5, 5.41) is 10.2. The predicted octanol–water partition coefficient (Wildman–Crippen LogP) is 0.283. The van der Waals surface area contributed by atoms with E-state index in [2.05, 4.69) is 4.90 Å². The number of nitrogens with zero attached hydrogens (tertiary/aromatic N) is 1. The average Bonchev–Trinajstić information content (AvgIpc) is 3.52. The number of aromatic hydroxyl groups is 1. The van der Waals surface area contributed by atoms with E-state index in [0.717, 1.165) is 88.8 Å². The molecule has 0 aromatic heterocycles. The molecule has 182 valence electrons. The summed E-state index contributed by atoms with van der Waals surface area (Å²) in [6, 6.07) is 1.85. The minimum atomic E-state index is 0.214. The molecule has 6 heterocycles. The second kappa shape index (κ2) is 9.30. The molecule has 0 saturated carbocycles. The standard InChI is InChI=1S/C15H19NO4.C9H15NO3/c16-15-12(3-10-6-19-10)8(1-9-5-18-9)2-14(17)13(15)4-11-7-20-11;1(7-4-11-7)10(2-8-5-12-8)3-9-6-13-9/h2,9-11,17H,1,3-7,16H2;7-9H,1-6H2. The van der Waals surface area contributed by atoms with Crippen molar-refractivity contribution in [1.29, 1.82) is 0 Å². The Balaban J connectivity index is 0.000000137. The molecule has 6 unspecified atom stereocenters. The van der Waals surface area contributed by atoms with E-state index in [-0.39, 0.29) is 24.1 Å². The lowest BCUT2D eigenvalue weighted by Crippen LogP contribution is -2.34. The first-order chi connectivity index (χ1) is 16.1. The number of nitrogen functional groups attached to an aromatic ring is 1. The number of anilines is 1. The van der Waals surface area contributed by atoms with Gasteiger partial charge in [-0.15, -0.1) is 0 Å². The first kappa shape index (κ1) is 22.0. The molecular formula is C24H34N2O7. The molecule has 6 fully saturated rings. The summed E-state index contributed by atoms with van der Waals surface area (Å²) in [4.78, 5) is 2.41. The minimum Gasteiger partial charge on any atom is -0.508 e. The predicted molar refractivity (Wildman–Crippen MR) is 119 cm³/mol. The lowest BCUT2D eigenvalue weighted by molar-refractivity contribution is 0.202. The summed E-state index contributed by atoms with van der Waals surface area (Å²) in [6.45, 7) is 8.35. The topological polar surface area (TPSA) is 125 Å². The third kappa shape index (κ3) is 6.79. The van der Waals surface area contributed by atoms with Crippen molar-refractivity contribution in [3.8, 4) is 5.75 Å². The first-order valence-corrected chi connectivity index (χ1v) is 12.1. The maximum absolute atomic E-state index is 10.2. The van der Waals surface area contributed by atoms with Crippen molar-refractivity contribution in [1.82, 2.24) is 4.90 Å². The Morgan fingerprint density at radius 3 is 1.48 bits per heavy atom. The third-order valence-corrected chi connectivity index (χ3v) is 6.77. The van der Waals surface area contributed by atoms with Gasteiger partial charge in [0.25, 0.3) is 0 Å². The number of ether oxygens (including phenoxy) is 6. The second-order valence-corrected chi connectivity index (χ2v) is 9.99. The first-order valence-electron chi connectivity index (χ1n) is 12.1. The highest BCUT2D eigenvalue weighted by molar-refractivity contribution is 5.63. The van der Waals surface area contributed by atoms with Gasteiger partial charge < -0.3 is 39.3 Å². The Morgan fingerprint density at radius 2 is 1.06 bits per heavy atom. The molecule has 1 aromatic rings. The summed E-state index contributed by atoms with van der Waals surface area (Å²) in [5.41, 5.74) is 10.1. The highest BCUT2D eigenvalue weighted by atomic mass is 16.6. The molecule has 6 atom stereocenters. The summed E-state index contributed by atoms with van der Waals surface area (Å²) < 4.78 is 31.5. The van der Waals surface area contributed by atoms with Gasteiger partial charge in [-0.25, -0.2) is 0 Å². The normalized spacial score (nSPS) is 34.5. The molecule has 6 saturated heterocycles. The van der Waals surface area contributed by atoms with Gasteiger partial charge >= 0.3 is 0 Å². The third-order valence-electron chi connectivity index (χ3n) is 6.77. The lowest BCUT2D eigenvalue weighted by Gasteiger charge is -2.18. The Hall–Kier alpha value is -1.46. The number of phenolic OH excluding ortho intramolecular Hbond substituents is 1. The van der Waals surface area contributed by atoms with E-state index in [1.807, 2.05) is 6.07 Å². The second-order valence-electron chi connectivity index (χ2n) is 9.99. The number of hydrogen-bond donors (Lipinski definition) is 2. The molecule has 0 spiro atoms. The minimum absolute atomic E-state index is 0.214. The van der Waals surface area contributed by atoms with E-state index in [0.29, 0.717) is 30.4 Å².